The van der Waals surface area contributed by atoms with E-state index in [1.807, 2.05) is 44.2 Å². The third-order valence-corrected chi connectivity index (χ3v) is 11.8. The van der Waals surface area contributed by atoms with Crippen LogP contribution in [0.5, 0.6) is 11.5 Å². The van der Waals surface area contributed by atoms with Crippen LogP contribution in [-0.4, -0.2) is 56.2 Å². The molecule has 11 nitrogen and oxygen atoms in total. The molecule has 0 saturated heterocycles. The quantitative estimate of drug-likeness (QED) is 0.111. The molecule has 4 aromatic rings. The molecule has 50 heavy (non-hydrogen) atoms. The SMILES string of the molecule is Cc1c(COc2ccc(CCS(=O)(=O)CC(=O)O)cc2Br)cccc1-c1cccc(COc2ccc(CNS(=O)(=O)CC(=O)O)cc2Br)c1C. The van der Waals surface area contributed by atoms with Crippen molar-refractivity contribution in [3.05, 3.63) is 115 Å². The first-order valence-corrected chi connectivity index (χ1v) is 20.2. The van der Waals surface area contributed by atoms with E-state index in [1.54, 1.807) is 36.4 Å². The Bertz CT molecular complexity index is 1970. The highest BCUT2D eigenvalue weighted by Gasteiger charge is 2.18. The third-order valence-electron chi connectivity index (χ3n) is 7.80. The van der Waals surface area contributed by atoms with Crippen molar-refractivity contribution in [1.29, 1.82) is 0 Å². The zero-order valence-corrected chi connectivity index (χ0v) is 31.9. The molecule has 0 aliphatic rings. The van der Waals surface area contributed by atoms with Gasteiger partial charge in [-0.05, 0) is 121 Å². The number of rotatable bonds is 17. The molecule has 0 unspecified atom stereocenters. The topological polar surface area (TPSA) is 173 Å². The molecule has 0 aromatic heterocycles. The van der Waals surface area contributed by atoms with Gasteiger partial charge in [-0.1, -0.05) is 48.5 Å². The van der Waals surface area contributed by atoms with Crippen LogP contribution in [0.15, 0.2) is 81.7 Å². The molecule has 266 valence electrons. The number of aryl methyl sites for hydroxylation is 1. The number of hydrogen-bond donors (Lipinski definition) is 3. The van der Waals surface area contributed by atoms with Gasteiger partial charge in [-0.3, -0.25) is 9.59 Å². The number of sulfonamides is 1. The van der Waals surface area contributed by atoms with Gasteiger partial charge in [0.15, 0.2) is 15.6 Å². The van der Waals surface area contributed by atoms with E-state index in [0.717, 1.165) is 38.9 Å². The monoisotopic (exact) mass is 851 g/mol. The molecule has 0 saturated carbocycles. The maximum Gasteiger partial charge on any atom is 0.320 e. The number of sulfone groups is 1. The van der Waals surface area contributed by atoms with Gasteiger partial charge >= 0.3 is 11.9 Å². The molecule has 4 rings (SSSR count). The molecular formula is C35H35Br2NO10S2. The predicted octanol–water partition coefficient (Wildman–Crippen LogP) is 6.20. The van der Waals surface area contributed by atoms with E-state index in [1.165, 1.54) is 0 Å². The van der Waals surface area contributed by atoms with Crippen molar-refractivity contribution >= 4 is 63.7 Å². The van der Waals surface area contributed by atoms with E-state index in [2.05, 4.69) is 42.6 Å². The molecule has 0 spiro atoms. The van der Waals surface area contributed by atoms with Gasteiger partial charge < -0.3 is 19.7 Å². The zero-order valence-electron chi connectivity index (χ0n) is 27.1. The molecule has 0 heterocycles. The fourth-order valence-electron chi connectivity index (χ4n) is 5.10. The van der Waals surface area contributed by atoms with Crippen LogP contribution >= 0.6 is 31.9 Å². The molecule has 0 amide bonds. The van der Waals surface area contributed by atoms with Gasteiger partial charge in [0.25, 0.3) is 0 Å². The summed E-state index contributed by atoms with van der Waals surface area (Å²) in [6.45, 7) is 4.57. The number of ether oxygens (including phenoxy) is 2. The average Bonchev–Trinajstić information content (AvgIpc) is 3.02. The zero-order chi connectivity index (χ0) is 36.6. The van der Waals surface area contributed by atoms with E-state index in [-0.39, 0.29) is 31.9 Å². The number of halogens is 2. The molecular weight excluding hydrogens is 818 g/mol. The largest absolute Gasteiger partial charge is 0.488 e. The molecule has 0 aliphatic heterocycles. The summed E-state index contributed by atoms with van der Waals surface area (Å²) in [6.07, 6.45) is 0.187. The highest BCUT2D eigenvalue weighted by molar-refractivity contribution is 9.11. The molecule has 0 bridgehead atoms. The lowest BCUT2D eigenvalue weighted by atomic mass is 9.92. The van der Waals surface area contributed by atoms with Crippen LogP contribution in [-0.2, 0) is 55.6 Å². The first-order chi connectivity index (χ1) is 23.5. The van der Waals surface area contributed by atoms with E-state index >= 15 is 0 Å². The summed E-state index contributed by atoms with van der Waals surface area (Å²) in [5, 5.41) is 17.5. The second-order valence-corrected chi connectivity index (χ2v) is 17.2. The number of nitrogens with one attached hydrogen (secondary N) is 1. The Hall–Kier alpha value is -3.76. The molecule has 15 heteroatoms. The Labute approximate surface area is 307 Å². The fraction of sp³-hybridized carbons (Fsp3) is 0.257. The first kappa shape index (κ1) is 39.0. The van der Waals surface area contributed by atoms with Crippen LogP contribution in [0.1, 0.15) is 33.4 Å². The maximum absolute atomic E-state index is 12.0. The van der Waals surface area contributed by atoms with Crippen molar-refractivity contribution in [2.75, 3.05) is 17.3 Å². The summed E-state index contributed by atoms with van der Waals surface area (Å²) in [7, 11) is -7.65. The number of hydrogen-bond acceptors (Lipinski definition) is 8. The van der Waals surface area contributed by atoms with E-state index in [0.29, 0.717) is 26.0 Å². The number of carbonyl (C=O) groups is 2. The van der Waals surface area contributed by atoms with Crippen LogP contribution in [0, 0.1) is 13.8 Å². The van der Waals surface area contributed by atoms with E-state index in [9.17, 15) is 26.4 Å². The fourth-order valence-corrected chi connectivity index (χ4v) is 8.07. The summed E-state index contributed by atoms with van der Waals surface area (Å²) < 4.78 is 63.4. The Balaban J connectivity index is 1.41. The second kappa shape index (κ2) is 17.0. The summed E-state index contributed by atoms with van der Waals surface area (Å²) >= 11 is 6.98. The molecule has 0 atom stereocenters. The van der Waals surface area contributed by atoms with Gasteiger partial charge in [-0.15, -0.1) is 0 Å². The Kier molecular flexibility index (Phi) is 13.2. The highest BCUT2D eigenvalue weighted by Crippen LogP contribution is 2.33. The smallest absolute Gasteiger partial charge is 0.320 e. The van der Waals surface area contributed by atoms with Crippen molar-refractivity contribution in [2.45, 2.75) is 40.0 Å². The van der Waals surface area contributed by atoms with E-state index < -0.39 is 43.3 Å². The van der Waals surface area contributed by atoms with Crippen LogP contribution < -0.4 is 14.2 Å². The van der Waals surface area contributed by atoms with Crippen molar-refractivity contribution < 1.29 is 46.1 Å². The molecule has 0 fully saturated rings. The van der Waals surface area contributed by atoms with Crippen molar-refractivity contribution in [3.63, 3.8) is 0 Å². The van der Waals surface area contributed by atoms with Gasteiger partial charge in [-0.2, -0.15) is 0 Å². The lowest BCUT2D eigenvalue weighted by molar-refractivity contribution is -0.135. The van der Waals surface area contributed by atoms with Gasteiger partial charge in [0, 0.05) is 6.54 Å². The lowest BCUT2D eigenvalue weighted by Gasteiger charge is -2.17. The van der Waals surface area contributed by atoms with Gasteiger partial charge in [-0.25, -0.2) is 21.6 Å². The standard InChI is InChI=1S/C35H35Br2NO10S2/c1-22-26(18-47-32-11-9-24(15-30(32)36)13-14-49(43,44)20-34(39)40)5-3-7-28(22)29-8-4-6-27(23(29)2)19-48-33-12-10-25(16-31(33)37)17-38-50(45,46)21-35(41)42/h3-12,15-16,38H,13-14,17-21H2,1-2H3,(H,39,40)(H,41,42). The maximum atomic E-state index is 12.0. The predicted molar refractivity (Wildman–Crippen MR) is 197 cm³/mol. The van der Waals surface area contributed by atoms with E-state index in [4.69, 9.17) is 19.7 Å². The number of carboxylic acids is 2. The minimum atomic E-state index is -3.95. The Morgan fingerprint density at radius 2 is 1.18 bits per heavy atom. The minimum Gasteiger partial charge on any atom is -0.488 e. The lowest BCUT2D eigenvalue weighted by Crippen LogP contribution is -2.29. The van der Waals surface area contributed by atoms with Crippen LogP contribution in [0.3, 0.4) is 0 Å². The summed E-state index contributed by atoms with van der Waals surface area (Å²) in [6, 6.07) is 22.4. The van der Waals surface area contributed by atoms with Crippen molar-refractivity contribution in [2.24, 2.45) is 0 Å². The van der Waals surface area contributed by atoms with Crippen molar-refractivity contribution in [3.8, 4) is 22.6 Å². The molecule has 0 aliphatic carbocycles. The number of benzene rings is 4. The summed E-state index contributed by atoms with van der Waals surface area (Å²) in [4.78, 5) is 21.5. The number of carboxylic acid groups (broad SMARTS) is 2. The van der Waals surface area contributed by atoms with Gasteiger partial charge in [0.1, 0.15) is 30.5 Å². The Morgan fingerprint density at radius 3 is 1.66 bits per heavy atom. The normalized spacial score (nSPS) is 11.7. The summed E-state index contributed by atoms with van der Waals surface area (Å²) in [5.41, 5.74) is 7.48. The number of aliphatic carboxylic acids is 2. The molecule has 0 radical (unpaired) electrons. The summed E-state index contributed by atoms with van der Waals surface area (Å²) in [5.74, 6) is -3.81. The average molecular weight is 854 g/mol. The minimum absolute atomic E-state index is 0.0610. The Morgan fingerprint density at radius 1 is 0.700 bits per heavy atom. The highest BCUT2D eigenvalue weighted by atomic mass is 79.9. The van der Waals surface area contributed by atoms with Gasteiger partial charge in [0.2, 0.25) is 10.0 Å². The molecule has 3 N–H and O–H groups in total. The third kappa shape index (κ3) is 11.1. The second-order valence-electron chi connectivity index (χ2n) is 11.5. The van der Waals surface area contributed by atoms with Crippen molar-refractivity contribution in [1.82, 2.24) is 4.72 Å². The first-order valence-electron chi connectivity index (χ1n) is 15.1. The van der Waals surface area contributed by atoms with Gasteiger partial charge in [0.05, 0.1) is 14.7 Å². The van der Waals surface area contributed by atoms with Crippen LogP contribution in [0.25, 0.3) is 11.1 Å². The van der Waals surface area contributed by atoms with Crippen LogP contribution in [0.4, 0.5) is 0 Å². The van der Waals surface area contributed by atoms with Crippen LogP contribution in [0.2, 0.25) is 0 Å². The molecule has 4 aromatic carbocycles.